The molecule has 1 aromatic rings. The maximum Gasteiger partial charge on any atom is 0.147 e. The van der Waals surface area contributed by atoms with E-state index in [-0.39, 0.29) is 0 Å². The van der Waals surface area contributed by atoms with Gasteiger partial charge in [-0.25, -0.2) is 4.98 Å². The number of hydrogen-bond acceptors (Lipinski definition) is 1. The van der Waals surface area contributed by atoms with Crippen molar-refractivity contribution in [2.45, 2.75) is 25.7 Å². The molecule has 0 radical (unpaired) electrons. The Kier molecular flexibility index (Phi) is 2.24. The molecule has 0 aliphatic heterocycles. The lowest BCUT2D eigenvalue weighted by molar-refractivity contribution is 0.682. The molecule has 0 amide bonds. The molecule has 1 aliphatic carbocycles. The molecule has 0 unspecified atom stereocenters. The first kappa shape index (κ1) is 8.33. The molecule has 0 spiro atoms. The van der Waals surface area contributed by atoms with Gasteiger partial charge in [-0.15, -0.1) is 0 Å². The van der Waals surface area contributed by atoms with Gasteiger partial charge < -0.3 is 0 Å². The Morgan fingerprint density at radius 3 is 2.75 bits per heavy atom. The third-order valence-electron chi connectivity index (χ3n) is 2.29. The lowest BCUT2D eigenvalue weighted by Gasteiger charge is -2.16. The maximum absolute atomic E-state index is 6.02. The highest BCUT2D eigenvalue weighted by Crippen LogP contribution is 2.31. The van der Waals surface area contributed by atoms with Gasteiger partial charge in [0.15, 0.2) is 0 Å². The predicted octanol–water partition coefficient (Wildman–Crippen LogP) is 3.27. The smallest absolute Gasteiger partial charge is 0.147 e. The third kappa shape index (κ3) is 1.32. The Morgan fingerprint density at radius 2 is 1.92 bits per heavy atom. The highest BCUT2D eigenvalue weighted by molar-refractivity contribution is 6.41. The number of hydrogen-bond donors (Lipinski definition) is 0. The Labute approximate surface area is 81.7 Å². The van der Waals surface area contributed by atoms with E-state index in [1.807, 2.05) is 6.20 Å². The molecule has 3 heteroatoms. The summed E-state index contributed by atoms with van der Waals surface area (Å²) < 4.78 is 0. The van der Waals surface area contributed by atoms with E-state index in [2.05, 4.69) is 4.98 Å². The molecule has 0 atom stereocenters. The average Bonchev–Trinajstić information content (AvgIpc) is 2.12. The zero-order chi connectivity index (χ0) is 8.55. The van der Waals surface area contributed by atoms with Crippen molar-refractivity contribution in [2.75, 3.05) is 0 Å². The second kappa shape index (κ2) is 3.23. The van der Waals surface area contributed by atoms with Crippen LogP contribution in [0.2, 0.25) is 10.2 Å². The molecule has 0 saturated heterocycles. The van der Waals surface area contributed by atoms with Crippen LogP contribution in [0.25, 0.3) is 0 Å². The molecule has 64 valence electrons. The number of nitrogens with zero attached hydrogens (tertiary/aromatic N) is 1. The molecule has 1 heterocycles. The van der Waals surface area contributed by atoms with E-state index in [1.54, 1.807) is 0 Å². The van der Waals surface area contributed by atoms with Gasteiger partial charge in [0.2, 0.25) is 0 Å². The third-order valence-corrected chi connectivity index (χ3v) is 3.08. The van der Waals surface area contributed by atoms with Crippen LogP contribution in [0.15, 0.2) is 6.20 Å². The lowest BCUT2D eigenvalue weighted by atomic mass is 9.94. The number of aromatic nitrogens is 1. The summed E-state index contributed by atoms with van der Waals surface area (Å²) in [5.41, 5.74) is 2.48. The first-order valence-corrected chi connectivity index (χ1v) is 4.86. The Hall–Kier alpha value is -0.270. The van der Waals surface area contributed by atoms with Crippen LogP contribution in [0.1, 0.15) is 24.0 Å². The van der Waals surface area contributed by atoms with Crippen LogP contribution < -0.4 is 0 Å². The van der Waals surface area contributed by atoms with Gasteiger partial charge in [-0.05, 0) is 36.8 Å². The molecule has 0 aromatic carbocycles. The quantitative estimate of drug-likeness (QED) is 0.588. The molecule has 2 rings (SSSR count). The number of halogens is 2. The largest absolute Gasteiger partial charge is 0.243 e. The minimum Gasteiger partial charge on any atom is -0.243 e. The fourth-order valence-electron chi connectivity index (χ4n) is 1.64. The topological polar surface area (TPSA) is 12.9 Å². The molecular weight excluding hydrogens is 193 g/mol. The van der Waals surface area contributed by atoms with Crippen LogP contribution in [0, 0.1) is 0 Å². The highest BCUT2D eigenvalue weighted by Gasteiger charge is 2.14. The second-order valence-electron chi connectivity index (χ2n) is 3.07. The van der Waals surface area contributed by atoms with Crippen LogP contribution in [0.4, 0.5) is 0 Å². The van der Waals surface area contributed by atoms with Crippen LogP contribution in [-0.4, -0.2) is 4.98 Å². The van der Waals surface area contributed by atoms with E-state index >= 15 is 0 Å². The molecule has 1 aliphatic rings. The van der Waals surface area contributed by atoms with Gasteiger partial charge in [-0.2, -0.15) is 0 Å². The summed E-state index contributed by atoms with van der Waals surface area (Å²) in [6, 6.07) is 0. The van der Waals surface area contributed by atoms with Gasteiger partial charge in [0.1, 0.15) is 5.15 Å². The molecule has 1 aromatic heterocycles. The van der Waals surface area contributed by atoms with Crippen molar-refractivity contribution >= 4 is 23.2 Å². The van der Waals surface area contributed by atoms with E-state index in [0.29, 0.717) is 10.2 Å². The van der Waals surface area contributed by atoms with Gasteiger partial charge in [0.05, 0.1) is 5.02 Å². The van der Waals surface area contributed by atoms with Gasteiger partial charge in [-0.3, -0.25) is 0 Å². The Morgan fingerprint density at radius 1 is 1.17 bits per heavy atom. The normalized spacial score (nSPS) is 15.8. The number of aryl methyl sites for hydroxylation is 1. The minimum atomic E-state index is 0.442. The standard InChI is InChI=1S/C9H9Cl2N/c10-8-7-4-2-1-3-6(7)5-12-9(8)11/h5H,1-4H2. The summed E-state index contributed by atoms with van der Waals surface area (Å²) in [5, 5.41) is 1.10. The molecule has 0 bridgehead atoms. The predicted molar refractivity (Wildman–Crippen MR) is 50.9 cm³/mol. The molecule has 0 N–H and O–H groups in total. The second-order valence-corrected chi connectivity index (χ2v) is 3.81. The lowest BCUT2D eigenvalue weighted by Crippen LogP contribution is -2.04. The Balaban J connectivity index is 2.54. The van der Waals surface area contributed by atoms with Crippen molar-refractivity contribution in [3.8, 4) is 0 Å². The van der Waals surface area contributed by atoms with E-state index in [9.17, 15) is 0 Å². The monoisotopic (exact) mass is 201 g/mol. The number of pyridine rings is 1. The van der Waals surface area contributed by atoms with Crippen molar-refractivity contribution in [1.29, 1.82) is 0 Å². The summed E-state index contributed by atoms with van der Waals surface area (Å²) in [6.07, 6.45) is 6.46. The van der Waals surface area contributed by atoms with E-state index in [0.717, 1.165) is 12.8 Å². The molecule has 0 saturated carbocycles. The number of fused-ring (bicyclic) bond motifs is 1. The summed E-state index contributed by atoms with van der Waals surface area (Å²) in [6.45, 7) is 0. The molecule has 1 nitrogen and oxygen atoms in total. The van der Waals surface area contributed by atoms with E-state index < -0.39 is 0 Å². The Bertz CT molecular complexity index is 310. The summed E-state index contributed by atoms with van der Waals surface area (Å²) in [5.74, 6) is 0. The van der Waals surface area contributed by atoms with Crippen molar-refractivity contribution in [1.82, 2.24) is 4.98 Å². The molecule has 12 heavy (non-hydrogen) atoms. The van der Waals surface area contributed by atoms with E-state index in [1.165, 1.54) is 24.0 Å². The summed E-state index contributed by atoms with van der Waals surface area (Å²) in [4.78, 5) is 4.03. The first-order chi connectivity index (χ1) is 5.79. The summed E-state index contributed by atoms with van der Waals surface area (Å²) in [7, 11) is 0. The summed E-state index contributed by atoms with van der Waals surface area (Å²) >= 11 is 11.8. The zero-order valence-electron chi connectivity index (χ0n) is 6.61. The molecular formula is C9H9Cl2N. The van der Waals surface area contributed by atoms with Gasteiger partial charge in [-0.1, -0.05) is 23.2 Å². The number of rotatable bonds is 0. The van der Waals surface area contributed by atoms with Gasteiger partial charge >= 0.3 is 0 Å². The average molecular weight is 202 g/mol. The van der Waals surface area contributed by atoms with Crippen LogP contribution in [0.3, 0.4) is 0 Å². The van der Waals surface area contributed by atoms with Crippen molar-refractivity contribution in [2.24, 2.45) is 0 Å². The van der Waals surface area contributed by atoms with Crippen molar-refractivity contribution in [3.63, 3.8) is 0 Å². The highest BCUT2D eigenvalue weighted by atomic mass is 35.5. The fraction of sp³-hybridized carbons (Fsp3) is 0.444. The maximum atomic E-state index is 6.02. The SMILES string of the molecule is Clc1ncc2c(c1Cl)CCCC2. The zero-order valence-corrected chi connectivity index (χ0v) is 8.12. The fourth-order valence-corrected chi connectivity index (χ4v) is 2.07. The van der Waals surface area contributed by atoms with E-state index in [4.69, 9.17) is 23.2 Å². The van der Waals surface area contributed by atoms with Gasteiger partial charge in [0, 0.05) is 6.20 Å². The molecule has 0 fully saturated rings. The van der Waals surface area contributed by atoms with Crippen LogP contribution in [-0.2, 0) is 12.8 Å². The van der Waals surface area contributed by atoms with Gasteiger partial charge in [0.25, 0.3) is 0 Å². The van der Waals surface area contributed by atoms with Crippen LogP contribution >= 0.6 is 23.2 Å². The first-order valence-electron chi connectivity index (χ1n) is 4.11. The van der Waals surface area contributed by atoms with Crippen LogP contribution in [0.5, 0.6) is 0 Å². The van der Waals surface area contributed by atoms with Crippen molar-refractivity contribution < 1.29 is 0 Å². The van der Waals surface area contributed by atoms with Crippen molar-refractivity contribution in [3.05, 3.63) is 27.5 Å². The minimum absolute atomic E-state index is 0.442.